The molecule has 0 atom stereocenters. The third-order valence-corrected chi connectivity index (χ3v) is 3.63. The van der Waals surface area contributed by atoms with Crippen molar-refractivity contribution >= 4 is 35.8 Å². The van der Waals surface area contributed by atoms with Gasteiger partial charge in [-0.15, -0.1) is 30.6 Å². The van der Waals surface area contributed by atoms with Gasteiger partial charge in [-0.3, -0.25) is 9.79 Å². The third-order valence-electron chi connectivity index (χ3n) is 3.63. The van der Waals surface area contributed by atoms with Crippen LogP contribution in [0, 0.1) is 0 Å². The van der Waals surface area contributed by atoms with Gasteiger partial charge in [0.1, 0.15) is 0 Å². The van der Waals surface area contributed by atoms with Crippen LogP contribution < -0.4 is 10.6 Å². The first-order valence-electron chi connectivity index (χ1n) is 7.64. The van der Waals surface area contributed by atoms with Crippen LogP contribution in [0.25, 0.3) is 0 Å². The Bertz CT molecular complexity index is 559. The molecule has 0 aliphatic carbocycles. The first-order chi connectivity index (χ1) is 10.7. The highest BCUT2D eigenvalue weighted by molar-refractivity contribution is 14.0. The van der Waals surface area contributed by atoms with Crippen molar-refractivity contribution in [2.24, 2.45) is 4.99 Å². The zero-order chi connectivity index (χ0) is 15.8. The smallest absolute Gasteiger partial charge is 0.222 e. The zero-order valence-electron chi connectivity index (χ0n) is 13.5. The Labute approximate surface area is 155 Å². The van der Waals surface area contributed by atoms with Crippen molar-refractivity contribution in [3.05, 3.63) is 48.0 Å². The van der Waals surface area contributed by atoms with Gasteiger partial charge < -0.3 is 15.5 Å². The molecule has 2 rings (SSSR count). The molecule has 0 unspecified atom stereocenters. The number of amides is 1. The van der Waals surface area contributed by atoms with E-state index < -0.39 is 0 Å². The van der Waals surface area contributed by atoms with E-state index in [0.29, 0.717) is 26.1 Å². The van der Waals surface area contributed by atoms with Crippen LogP contribution in [-0.4, -0.2) is 36.9 Å². The summed E-state index contributed by atoms with van der Waals surface area (Å²) in [4.78, 5) is 17.8. The summed E-state index contributed by atoms with van der Waals surface area (Å²) in [7, 11) is 1.74. The number of nitrogens with one attached hydrogen (secondary N) is 2. The molecular weight excluding hydrogens is 403 g/mol. The van der Waals surface area contributed by atoms with E-state index in [0.717, 1.165) is 18.9 Å². The molecule has 0 saturated carbocycles. The molecule has 0 radical (unpaired) electrons. The van der Waals surface area contributed by atoms with Gasteiger partial charge in [-0.05, 0) is 17.5 Å². The number of likely N-dealkylation sites (tertiary alicyclic amines) is 1. The van der Waals surface area contributed by atoms with E-state index in [9.17, 15) is 4.79 Å². The number of rotatable bonds is 6. The van der Waals surface area contributed by atoms with Crippen molar-refractivity contribution in [1.82, 2.24) is 15.5 Å². The highest BCUT2D eigenvalue weighted by Gasteiger charge is 2.19. The van der Waals surface area contributed by atoms with Crippen molar-refractivity contribution in [2.75, 3.05) is 20.1 Å². The number of hydrogen-bond acceptors (Lipinski definition) is 2. The first kappa shape index (κ1) is 19.5. The van der Waals surface area contributed by atoms with Gasteiger partial charge >= 0.3 is 0 Å². The largest absolute Gasteiger partial charge is 0.353 e. The fraction of sp³-hybridized carbons (Fsp3) is 0.412. The topological polar surface area (TPSA) is 56.7 Å². The average molecular weight is 428 g/mol. The number of aliphatic imine (C=N–C) groups is 1. The molecule has 1 aliphatic rings. The summed E-state index contributed by atoms with van der Waals surface area (Å²) in [5, 5.41) is 6.40. The van der Waals surface area contributed by atoms with Crippen molar-refractivity contribution in [1.29, 1.82) is 0 Å². The van der Waals surface area contributed by atoms with E-state index in [1.807, 2.05) is 11.0 Å². The molecule has 126 valence electrons. The van der Waals surface area contributed by atoms with Gasteiger partial charge in [0.15, 0.2) is 5.96 Å². The molecule has 6 heteroatoms. The van der Waals surface area contributed by atoms with Crippen LogP contribution in [-0.2, 0) is 17.9 Å². The van der Waals surface area contributed by atoms with Crippen LogP contribution in [0.15, 0.2) is 41.9 Å². The van der Waals surface area contributed by atoms with Gasteiger partial charge in [-0.25, -0.2) is 0 Å². The van der Waals surface area contributed by atoms with Gasteiger partial charge in [0, 0.05) is 39.6 Å². The first-order valence-corrected chi connectivity index (χ1v) is 7.64. The Hall–Kier alpha value is -1.57. The van der Waals surface area contributed by atoms with Crippen molar-refractivity contribution in [3.8, 4) is 0 Å². The maximum absolute atomic E-state index is 11.7. The number of carbonyl (C=O) groups excluding carboxylic acids is 1. The standard InChI is InChI=1S/C17H24N4O.HI/c1-3-9-19-17(18-2)20-12-14-6-4-7-15(11-14)13-21-10-5-8-16(21)22;/h3-4,6-7,11H,1,5,8-10,12-13H2,2H3,(H2,18,19,20);1H. The SMILES string of the molecule is C=CCNC(=NC)NCc1cccc(CN2CCCC2=O)c1.I. The second kappa shape index (κ2) is 10.3. The molecule has 1 aromatic rings. The van der Waals surface area contributed by atoms with Gasteiger partial charge in [0.2, 0.25) is 5.91 Å². The molecule has 1 aliphatic heterocycles. The number of carbonyl (C=O) groups is 1. The van der Waals surface area contributed by atoms with Gasteiger partial charge in [-0.1, -0.05) is 30.3 Å². The minimum absolute atomic E-state index is 0. The lowest BCUT2D eigenvalue weighted by molar-refractivity contribution is -0.128. The molecule has 1 amide bonds. The van der Waals surface area contributed by atoms with Gasteiger partial charge in [0.25, 0.3) is 0 Å². The normalized spacial score (nSPS) is 14.4. The molecule has 2 N–H and O–H groups in total. The molecule has 5 nitrogen and oxygen atoms in total. The van der Waals surface area contributed by atoms with Crippen LogP contribution in [0.1, 0.15) is 24.0 Å². The summed E-state index contributed by atoms with van der Waals surface area (Å²) in [6, 6.07) is 8.31. The summed E-state index contributed by atoms with van der Waals surface area (Å²) >= 11 is 0. The van der Waals surface area contributed by atoms with Crippen LogP contribution >= 0.6 is 24.0 Å². The zero-order valence-corrected chi connectivity index (χ0v) is 15.9. The highest BCUT2D eigenvalue weighted by atomic mass is 127. The maximum atomic E-state index is 11.7. The van der Waals surface area contributed by atoms with Crippen LogP contribution in [0.3, 0.4) is 0 Å². The Balaban J connectivity index is 0.00000264. The summed E-state index contributed by atoms with van der Waals surface area (Å²) in [5.41, 5.74) is 2.34. The number of halogens is 1. The third kappa shape index (κ3) is 6.21. The number of benzene rings is 1. The van der Waals surface area contributed by atoms with Gasteiger partial charge in [0.05, 0.1) is 0 Å². The molecule has 23 heavy (non-hydrogen) atoms. The molecule has 0 aromatic heterocycles. The summed E-state index contributed by atoms with van der Waals surface area (Å²) in [6.07, 6.45) is 3.46. The fourth-order valence-electron chi connectivity index (χ4n) is 2.50. The number of hydrogen-bond donors (Lipinski definition) is 2. The maximum Gasteiger partial charge on any atom is 0.222 e. The Morgan fingerprint density at radius 1 is 1.39 bits per heavy atom. The molecule has 1 saturated heterocycles. The highest BCUT2D eigenvalue weighted by Crippen LogP contribution is 2.15. The molecule has 0 bridgehead atoms. The molecular formula is C17H25IN4O. The van der Waals surface area contributed by atoms with Crippen molar-refractivity contribution < 1.29 is 4.79 Å². The minimum Gasteiger partial charge on any atom is -0.353 e. The van der Waals surface area contributed by atoms with E-state index in [2.05, 4.69) is 40.4 Å². The van der Waals surface area contributed by atoms with E-state index >= 15 is 0 Å². The van der Waals surface area contributed by atoms with E-state index in [-0.39, 0.29) is 29.9 Å². The van der Waals surface area contributed by atoms with E-state index in [1.54, 1.807) is 13.1 Å². The molecule has 1 fully saturated rings. The lowest BCUT2D eigenvalue weighted by Crippen LogP contribution is -2.36. The fourth-order valence-corrected chi connectivity index (χ4v) is 2.50. The Morgan fingerprint density at radius 3 is 2.83 bits per heavy atom. The number of guanidine groups is 1. The summed E-state index contributed by atoms with van der Waals surface area (Å²) < 4.78 is 0. The number of nitrogens with zero attached hydrogens (tertiary/aromatic N) is 2. The Kier molecular flexibility index (Phi) is 8.68. The predicted octanol–water partition coefficient (Wildman–Crippen LogP) is 2.28. The van der Waals surface area contributed by atoms with Crippen LogP contribution in [0.4, 0.5) is 0 Å². The summed E-state index contributed by atoms with van der Waals surface area (Å²) in [5.74, 6) is 1.01. The van der Waals surface area contributed by atoms with E-state index in [4.69, 9.17) is 0 Å². The van der Waals surface area contributed by atoms with Gasteiger partial charge in [-0.2, -0.15) is 0 Å². The van der Waals surface area contributed by atoms with Crippen LogP contribution in [0.5, 0.6) is 0 Å². The monoisotopic (exact) mass is 428 g/mol. The summed E-state index contributed by atoms with van der Waals surface area (Å²) in [6.45, 7) is 6.62. The quantitative estimate of drug-likeness (QED) is 0.317. The van der Waals surface area contributed by atoms with Crippen LogP contribution in [0.2, 0.25) is 0 Å². The second-order valence-electron chi connectivity index (χ2n) is 5.33. The Morgan fingerprint density at radius 2 is 2.17 bits per heavy atom. The van der Waals surface area contributed by atoms with E-state index in [1.165, 1.54) is 11.1 Å². The average Bonchev–Trinajstić information content (AvgIpc) is 2.93. The second-order valence-corrected chi connectivity index (χ2v) is 5.33. The lowest BCUT2D eigenvalue weighted by atomic mass is 10.1. The predicted molar refractivity (Wildman–Crippen MR) is 105 cm³/mol. The minimum atomic E-state index is 0. The lowest BCUT2D eigenvalue weighted by Gasteiger charge is -2.16. The molecule has 1 aromatic carbocycles. The molecule has 0 spiro atoms. The van der Waals surface area contributed by atoms with Crippen molar-refractivity contribution in [3.63, 3.8) is 0 Å². The van der Waals surface area contributed by atoms with Crippen molar-refractivity contribution in [2.45, 2.75) is 25.9 Å². The molecule has 1 heterocycles.